The topological polar surface area (TPSA) is 105 Å². The minimum Gasteiger partial charge on any atom is -0.458 e. The molecule has 2 amide bonds. The van der Waals surface area contributed by atoms with Crippen LogP contribution in [0.2, 0.25) is 0 Å². The Bertz CT molecular complexity index is 774. The van der Waals surface area contributed by atoms with Crippen molar-refractivity contribution in [2.24, 2.45) is 5.92 Å². The van der Waals surface area contributed by atoms with Crippen molar-refractivity contribution >= 4 is 18.0 Å². The lowest BCUT2D eigenvalue weighted by Crippen LogP contribution is -2.54. The quantitative estimate of drug-likeness (QED) is 0.593. The van der Waals surface area contributed by atoms with Gasteiger partial charge < -0.3 is 24.8 Å². The number of nitrogens with one attached hydrogen (secondary N) is 1. The zero-order chi connectivity index (χ0) is 23.9. The fourth-order valence-electron chi connectivity index (χ4n) is 3.64. The molecule has 0 spiro atoms. The highest BCUT2D eigenvalue weighted by molar-refractivity contribution is 5.88. The maximum Gasteiger partial charge on any atom is 0.410 e. The van der Waals surface area contributed by atoms with Crippen molar-refractivity contribution in [2.75, 3.05) is 6.54 Å². The van der Waals surface area contributed by atoms with Gasteiger partial charge in [-0.05, 0) is 51.5 Å². The monoisotopic (exact) mass is 448 g/mol. The number of hydrogen-bond acceptors (Lipinski definition) is 6. The van der Waals surface area contributed by atoms with Crippen molar-refractivity contribution in [3.05, 3.63) is 35.9 Å². The first-order chi connectivity index (χ1) is 15.0. The number of benzene rings is 1. The number of carbonyl (C=O) groups is 3. The maximum absolute atomic E-state index is 12.8. The van der Waals surface area contributed by atoms with Gasteiger partial charge in [0.2, 0.25) is 0 Å². The van der Waals surface area contributed by atoms with Crippen LogP contribution in [0.3, 0.4) is 0 Å². The first-order valence-corrected chi connectivity index (χ1v) is 11.2. The zero-order valence-corrected chi connectivity index (χ0v) is 19.7. The van der Waals surface area contributed by atoms with Crippen molar-refractivity contribution in [2.45, 2.75) is 84.3 Å². The summed E-state index contributed by atoms with van der Waals surface area (Å²) in [6, 6.07) is 7.70. The minimum atomic E-state index is -1.47. The van der Waals surface area contributed by atoms with E-state index in [1.807, 2.05) is 44.2 Å². The molecule has 8 heteroatoms. The normalized spacial score (nSPS) is 18.2. The summed E-state index contributed by atoms with van der Waals surface area (Å²) >= 11 is 0. The highest BCUT2D eigenvalue weighted by atomic mass is 16.6. The number of aliphatic hydroxyl groups is 1. The number of amides is 2. The molecule has 32 heavy (non-hydrogen) atoms. The fourth-order valence-corrected chi connectivity index (χ4v) is 3.64. The number of esters is 1. The lowest BCUT2D eigenvalue weighted by molar-refractivity contribution is -0.160. The van der Waals surface area contributed by atoms with Crippen LogP contribution < -0.4 is 5.32 Å². The average Bonchev–Trinajstić information content (AvgIpc) is 3.20. The molecule has 2 unspecified atom stereocenters. The summed E-state index contributed by atoms with van der Waals surface area (Å²) in [5.74, 6) is -1.12. The van der Waals surface area contributed by atoms with Crippen LogP contribution >= 0.6 is 0 Å². The Morgan fingerprint density at radius 2 is 1.84 bits per heavy atom. The predicted octanol–water partition coefficient (Wildman–Crippen LogP) is 3.02. The molecule has 0 aromatic heterocycles. The lowest BCUT2D eigenvalue weighted by Gasteiger charge is -2.29. The Morgan fingerprint density at radius 3 is 2.44 bits per heavy atom. The Labute approximate surface area is 190 Å². The van der Waals surface area contributed by atoms with Gasteiger partial charge in [-0.2, -0.15) is 0 Å². The SMILES string of the molecule is CC(C)C[C@@H](NC(=O)C(O)C1CCCN1C(=O)OCc1ccccc1)C(=O)OC(C)(C)C. The van der Waals surface area contributed by atoms with E-state index in [0.29, 0.717) is 25.8 Å². The number of ether oxygens (including phenoxy) is 2. The average molecular weight is 449 g/mol. The Kier molecular flexibility index (Phi) is 9.07. The summed E-state index contributed by atoms with van der Waals surface area (Å²) in [5, 5.41) is 13.3. The highest BCUT2D eigenvalue weighted by Crippen LogP contribution is 2.22. The number of aliphatic hydroxyl groups excluding tert-OH is 1. The van der Waals surface area contributed by atoms with Crippen molar-refractivity contribution in [1.82, 2.24) is 10.2 Å². The number of rotatable bonds is 8. The van der Waals surface area contributed by atoms with Crippen molar-refractivity contribution in [3.8, 4) is 0 Å². The van der Waals surface area contributed by atoms with Crippen molar-refractivity contribution < 1.29 is 29.0 Å². The summed E-state index contributed by atoms with van der Waals surface area (Å²) in [6.07, 6.45) is -0.554. The largest absolute Gasteiger partial charge is 0.458 e. The molecule has 3 atom stereocenters. The van der Waals surface area contributed by atoms with E-state index in [-0.39, 0.29) is 12.5 Å². The van der Waals surface area contributed by atoms with Crippen molar-refractivity contribution in [1.29, 1.82) is 0 Å². The molecule has 2 N–H and O–H groups in total. The number of hydrogen-bond donors (Lipinski definition) is 2. The third-order valence-corrected chi connectivity index (χ3v) is 5.09. The summed E-state index contributed by atoms with van der Waals surface area (Å²) < 4.78 is 10.8. The summed E-state index contributed by atoms with van der Waals surface area (Å²) in [6.45, 7) is 9.63. The molecule has 0 bridgehead atoms. The first kappa shape index (κ1) is 25.6. The van der Waals surface area contributed by atoms with Crippen LogP contribution in [0, 0.1) is 5.92 Å². The highest BCUT2D eigenvalue weighted by Gasteiger charge is 2.39. The van der Waals surface area contributed by atoms with Crippen LogP contribution in [0.15, 0.2) is 30.3 Å². The van der Waals surface area contributed by atoms with E-state index in [1.54, 1.807) is 20.8 Å². The van der Waals surface area contributed by atoms with Gasteiger partial charge in [0, 0.05) is 6.54 Å². The van der Waals surface area contributed by atoms with Crippen LogP contribution in [-0.4, -0.2) is 58.3 Å². The molecule has 1 aromatic carbocycles. The van der Waals surface area contributed by atoms with Crippen LogP contribution in [0.1, 0.15) is 59.4 Å². The van der Waals surface area contributed by atoms with Gasteiger partial charge in [-0.1, -0.05) is 44.2 Å². The molecular formula is C24H36N2O6. The summed E-state index contributed by atoms with van der Waals surface area (Å²) in [7, 11) is 0. The second-order valence-corrected chi connectivity index (χ2v) is 9.61. The maximum atomic E-state index is 12.8. The minimum absolute atomic E-state index is 0.111. The third kappa shape index (κ3) is 7.82. The summed E-state index contributed by atoms with van der Waals surface area (Å²) in [4.78, 5) is 39.3. The molecule has 1 saturated heterocycles. The molecule has 8 nitrogen and oxygen atoms in total. The second kappa shape index (κ2) is 11.3. The second-order valence-electron chi connectivity index (χ2n) is 9.61. The molecule has 0 aliphatic carbocycles. The van der Waals surface area contributed by atoms with Gasteiger partial charge >= 0.3 is 12.1 Å². The smallest absolute Gasteiger partial charge is 0.410 e. The van der Waals surface area contributed by atoms with Crippen LogP contribution in [0.25, 0.3) is 0 Å². The van der Waals surface area contributed by atoms with E-state index < -0.39 is 41.8 Å². The van der Waals surface area contributed by atoms with E-state index in [0.717, 1.165) is 5.56 Å². The number of likely N-dealkylation sites (tertiary alicyclic amines) is 1. The molecule has 0 saturated carbocycles. The molecule has 1 aliphatic heterocycles. The van der Waals surface area contributed by atoms with Crippen LogP contribution in [0.4, 0.5) is 4.79 Å². The fraction of sp³-hybridized carbons (Fsp3) is 0.625. The molecule has 1 fully saturated rings. The van der Waals surface area contributed by atoms with Gasteiger partial charge in [-0.15, -0.1) is 0 Å². The Hall–Kier alpha value is -2.61. The van der Waals surface area contributed by atoms with Gasteiger partial charge in [0.05, 0.1) is 6.04 Å². The van der Waals surface area contributed by atoms with Gasteiger partial charge in [0.15, 0.2) is 6.10 Å². The number of carbonyl (C=O) groups excluding carboxylic acids is 3. The Morgan fingerprint density at radius 1 is 1.19 bits per heavy atom. The molecule has 1 aliphatic rings. The van der Waals surface area contributed by atoms with Gasteiger partial charge in [-0.3, -0.25) is 4.79 Å². The third-order valence-electron chi connectivity index (χ3n) is 5.09. The standard InChI is InChI=1S/C24H36N2O6/c1-16(2)14-18(22(29)32-24(3,4)5)25-21(28)20(27)19-12-9-13-26(19)23(30)31-15-17-10-7-6-8-11-17/h6-8,10-11,16,18-20,27H,9,12-15H2,1-5H3,(H,25,28)/t18-,19?,20?/m1/s1. The van der Waals surface area contributed by atoms with E-state index in [1.165, 1.54) is 4.90 Å². The van der Waals surface area contributed by atoms with E-state index in [2.05, 4.69) is 5.32 Å². The van der Waals surface area contributed by atoms with Crippen molar-refractivity contribution in [3.63, 3.8) is 0 Å². The van der Waals surface area contributed by atoms with E-state index in [9.17, 15) is 19.5 Å². The van der Waals surface area contributed by atoms with Gasteiger partial charge in [0.25, 0.3) is 5.91 Å². The summed E-state index contributed by atoms with van der Waals surface area (Å²) in [5.41, 5.74) is 0.157. The molecule has 1 heterocycles. The molecule has 0 radical (unpaired) electrons. The molecule has 1 aromatic rings. The predicted molar refractivity (Wildman–Crippen MR) is 120 cm³/mol. The molecular weight excluding hydrogens is 412 g/mol. The van der Waals surface area contributed by atoms with Gasteiger partial charge in [-0.25, -0.2) is 9.59 Å². The van der Waals surface area contributed by atoms with E-state index >= 15 is 0 Å². The lowest BCUT2D eigenvalue weighted by atomic mass is 10.0. The zero-order valence-electron chi connectivity index (χ0n) is 19.7. The van der Waals surface area contributed by atoms with Gasteiger partial charge in [0.1, 0.15) is 18.2 Å². The molecule has 2 rings (SSSR count). The van der Waals surface area contributed by atoms with Crippen LogP contribution in [-0.2, 0) is 25.7 Å². The number of nitrogens with zero attached hydrogens (tertiary/aromatic N) is 1. The Balaban J connectivity index is 2.00. The van der Waals surface area contributed by atoms with Crippen LogP contribution in [0.5, 0.6) is 0 Å². The molecule has 178 valence electrons. The first-order valence-electron chi connectivity index (χ1n) is 11.2. The van der Waals surface area contributed by atoms with E-state index in [4.69, 9.17) is 9.47 Å².